The van der Waals surface area contributed by atoms with E-state index >= 15 is 0 Å². The topological polar surface area (TPSA) is 64.4 Å². The van der Waals surface area contributed by atoms with Gasteiger partial charge in [0, 0.05) is 19.7 Å². The van der Waals surface area contributed by atoms with Gasteiger partial charge in [0.25, 0.3) is 5.69 Å². The molecule has 104 valence electrons. The Labute approximate surface area is 117 Å². The van der Waals surface area contributed by atoms with E-state index in [1.165, 1.54) is 6.07 Å². The first-order valence-corrected chi connectivity index (χ1v) is 6.25. The predicted octanol–water partition coefficient (Wildman–Crippen LogP) is 3.35. The van der Waals surface area contributed by atoms with E-state index in [4.69, 9.17) is 4.74 Å². The maximum Gasteiger partial charge on any atom is 0.292 e. The molecule has 5 nitrogen and oxygen atoms in total. The van der Waals surface area contributed by atoms with Crippen LogP contribution in [0.25, 0.3) is 0 Å². The number of anilines is 1. The Kier molecular flexibility index (Phi) is 4.68. The number of nitrogens with one attached hydrogen (secondary N) is 1. The molecule has 0 aliphatic heterocycles. The standard InChI is InChI=1S/C15H16N2O3/c1-20-11-13-8-6-12(7-9-13)10-16-14-4-2-3-5-15(14)17(18)19/h2-9,16H,10-11H2,1H3. The molecule has 0 aromatic heterocycles. The number of hydrogen-bond donors (Lipinski definition) is 1. The van der Waals surface area contributed by atoms with Gasteiger partial charge in [0.2, 0.25) is 0 Å². The molecule has 0 fully saturated rings. The molecule has 0 heterocycles. The molecular weight excluding hydrogens is 256 g/mol. The van der Waals surface area contributed by atoms with Gasteiger partial charge in [0.05, 0.1) is 11.5 Å². The molecule has 0 saturated heterocycles. The summed E-state index contributed by atoms with van der Waals surface area (Å²) in [7, 11) is 1.66. The van der Waals surface area contributed by atoms with Crippen LogP contribution in [-0.4, -0.2) is 12.0 Å². The van der Waals surface area contributed by atoms with E-state index in [0.29, 0.717) is 18.8 Å². The van der Waals surface area contributed by atoms with Crippen LogP contribution in [0.3, 0.4) is 0 Å². The van der Waals surface area contributed by atoms with Crippen molar-refractivity contribution in [2.75, 3.05) is 12.4 Å². The summed E-state index contributed by atoms with van der Waals surface area (Å²) in [4.78, 5) is 10.5. The molecule has 0 saturated carbocycles. The normalized spacial score (nSPS) is 10.2. The second-order valence-corrected chi connectivity index (χ2v) is 4.38. The Balaban J connectivity index is 2.03. The summed E-state index contributed by atoms with van der Waals surface area (Å²) in [5.74, 6) is 0. The molecule has 0 unspecified atom stereocenters. The maximum atomic E-state index is 10.9. The van der Waals surface area contributed by atoms with Crippen molar-refractivity contribution in [1.82, 2.24) is 0 Å². The summed E-state index contributed by atoms with van der Waals surface area (Å²) in [6, 6.07) is 14.6. The van der Waals surface area contributed by atoms with Crippen LogP contribution >= 0.6 is 0 Å². The molecule has 1 N–H and O–H groups in total. The first-order valence-electron chi connectivity index (χ1n) is 6.25. The molecule has 0 bridgehead atoms. The SMILES string of the molecule is COCc1ccc(CNc2ccccc2[N+](=O)[O-])cc1. The van der Waals surface area contributed by atoms with E-state index in [2.05, 4.69) is 5.32 Å². The molecule has 0 atom stereocenters. The smallest absolute Gasteiger partial charge is 0.292 e. The highest BCUT2D eigenvalue weighted by atomic mass is 16.6. The molecule has 2 rings (SSSR count). The number of methoxy groups -OCH3 is 1. The van der Waals surface area contributed by atoms with Crippen molar-refractivity contribution in [3.63, 3.8) is 0 Å². The van der Waals surface area contributed by atoms with Crippen LogP contribution in [0.15, 0.2) is 48.5 Å². The number of hydrogen-bond acceptors (Lipinski definition) is 4. The third-order valence-electron chi connectivity index (χ3n) is 2.92. The largest absolute Gasteiger partial charge is 0.380 e. The van der Waals surface area contributed by atoms with Gasteiger partial charge in [-0.15, -0.1) is 0 Å². The zero-order chi connectivity index (χ0) is 14.4. The molecule has 0 radical (unpaired) electrons. The van der Waals surface area contributed by atoms with Crippen molar-refractivity contribution in [3.8, 4) is 0 Å². The van der Waals surface area contributed by atoms with Crippen LogP contribution < -0.4 is 5.32 Å². The van der Waals surface area contributed by atoms with Crippen molar-refractivity contribution in [2.45, 2.75) is 13.2 Å². The number of benzene rings is 2. The molecule has 5 heteroatoms. The average molecular weight is 272 g/mol. The maximum absolute atomic E-state index is 10.9. The van der Waals surface area contributed by atoms with Gasteiger partial charge in [-0.1, -0.05) is 36.4 Å². The van der Waals surface area contributed by atoms with E-state index in [0.717, 1.165) is 11.1 Å². The third-order valence-corrected chi connectivity index (χ3v) is 2.92. The Hall–Kier alpha value is -2.40. The van der Waals surface area contributed by atoms with Crippen molar-refractivity contribution in [1.29, 1.82) is 0 Å². The van der Waals surface area contributed by atoms with Gasteiger partial charge in [-0.3, -0.25) is 10.1 Å². The summed E-state index contributed by atoms with van der Waals surface area (Å²) in [5, 5.41) is 14.0. The van der Waals surface area contributed by atoms with Gasteiger partial charge < -0.3 is 10.1 Å². The Bertz CT molecular complexity index is 582. The molecule has 0 aliphatic carbocycles. The van der Waals surface area contributed by atoms with Crippen LogP contribution in [0, 0.1) is 10.1 Å². The summed E-state index contributed by atoms with van der Waals surface area (Å²) in [6.45, 7) is 1.12. The van der Waals surface area contributed by atoms with E-state index in [9.17, 15) is 10.1 Å². The van der Waals surface area contributed by atoms with Gasteiger partial charge in [-0.25, -0.2) is 0 Å². The zero-order valence-corrected chi connectivity index (χ0v) is 11.2. The highest BCUT2D eigenvalue weighted by Crippen LogP contribution is 2.23. The lowest BCUT2D eigenvalue weighted by Crippen LogP contribution is -2.02. The fraction of sp³-hybridized carbons (Fsp3) is 0.200. The predicted molar refractivity (Wildman–Crippen MR) is 77.6 cm³/mol. The van der Waals surface area contributed by atoms with E-state index < -0.39 is 0 Å². The summed E-state index contributed by atoms with van der Waals surface area (Å²) < 4.78 is 5.05. The molecule has 0 spiro atoms. The molecule has 0 amide bonds. The fourth-order valence-corrected chi connectivity index (χ4v) is 1.90. The second kappa shape index (κ2) is 6.68. The minimum atomic E-state index is -0.385. The molecule has 20 heavy (non-hydrogen) atoms. The van der Waals surface area contributed by atoms with Crippen LogP contribution in [0.5, 0.6) is 0 Å². The number of ether oxygens (including phenoxy) is 1. The van der Waals surface area contributed by atoms with Crippen molar-refractivity contribution in [3.05, 3.63) is 69.8 Å². The van der Waals surface area contributed by atoms with Crippen LogP contribution in [0.2, 0.25) is 0 Å². The molecular formula is C15H16N2O3. The monoisotopic (exact) mass is 272 g/mol. The minimum Gasteiger partial charge on any atom is -0.380 e. The minimum absolute atomic E-state index is 0.0866. The number of nitro benzene ring substituents is 1. The number of para-hydroxylation sites is 2. The fourth-order valence-electron chi connectivity index (χ4n) is 1.90. The second-order valence-electron chi connectivity index (χ2n) is 4.38. The summed E-state index contributed by atoms with van der Waals surface area (Å²) in [6.07, 6.45) is 0. The van der Waals surface area contributed by atoms with Crippen molar-refractivity contribution < 1.29 is 9.66 Å². The van der Waals surface area contributed by atoms with Gasteiger partial charge in [0.15, 0.2) is 0 Å². The van der Waals surface area contributed by atoms with Crippen molar-refractivity contribution >= 4 is 11.4 Å². The van der Waals surface area contributed by atoms with E-state index in [-0.39, 0.29) is 10.6 Å². The highest BCUT2D eigenvalue weighted by Gasteiger charge is 2.11. The Morgan fingerprint density at radius 1 is 1.10 bits per heavy atom. The van der Waals surface area contributed by atoms with Gasteiger partial charge in [-0.05, 0) is 17.2 Å². The van der Waals surface area contributed by atoms with Crippen molar-refractivity contribution in [2.24, 2.45) is 0 Å². The van der Waals surface area contributed by atoms with Gasteiger partial charge in [0.1, 0.15) is 5.69 Å². The molecule has 0 aliphatic rings. The Morgan fingerprint density at radius 2 is 1.75 bits per heavy atom. The number of rotatable bonds is 6. The highest BCUT2D eigenvalue weighted by molar-refractivity contribution is 5.61. The van der Waals surface area contributed by atoms with E-state index in [1.54, 1.807) is 25.3 Å². The zero-order valence-electron chi connectivity index (χ0n) is 11.2. The summed E-state index contributed by atoms with van der Waals surface area (Å²) >= 11 is 0. The molecule has 2 aromatic rings. The lowest BCUT2D eigenvalue weighted by Gasteiger charge is -2.08. The van der Waals surface area contributed by atoms with Gasteiger partial charge >= 0.3 is 0 Å². The third kappa shape index (κ3) is 3.55. The first-order chi connectivity index (χ1) is 9.70. The van der Waals surface area contributed by atoms with Gasteiger partial charge in [-0.2, -0.15) is 0 Å². The average Bonchev–Trinajstić information content (AvgIpc) is 2.47. The number of nitrogens with zero attached hydrogens (tertiary/aromatic N) is 1. The lowest BCUT2D eigenvalue weighted by molar-refractivity contribution is -0.384. The van der Waals surface area contributed by atoms with Crippen LogP contribution in [0.1, 0.15) is 11.1 Å². The van der Waals surface area contributed by atoms with Crippen LogP contribution in [0.4, 0.5) is 11.4 Å². The molecule has 2 aromatic carbocycles. The number of nitro groups is 1. The quantitative estimate of drug-likeness (QED) is 0.647. The van der Waals surface area contributed by atoms with E-state index in [1.807, 2.05) is 24.3 Å². The first kappa shape index (κ1) is 14.0. The lowest BCUT2D eigenvalue weighted by atomic mass is 10.1. The Morgan fingerprint density at radius 3 is 2.40 bits per heavy atom. The summed E-state index contributed by atoms with van der Waals surface area (Å²) in [5.41, 5.74) is 2.77. The van der Waals surface area contributed by atoms with Crippen LogP contribution in [-0.2, 0) is 17.9 Å².